The second kappa shape index (κ2) is 5.92. The van der Waals surface area contributed by atoms with E-state index in [4.69, 9.17) is 4.42 Å². The molecule has 0 spiro atoms. The molecule has 0 radical (unpaired) electrons. The van der Waals surface area contributed by atoms with Gasteiger partial charge in [-0.2, -0.15) is 10.2 Å². The van der Waals surface area contributed by atoms with Gasteiger partial charge in [-0.15, -0.1) is 10.2 Å². The van der Waals surface area contributed by atoms with E-state index in [1.807, 2.05) is 30.3 Å². The zero-order valence-electron chi connectivity index (χ0n) is 10.5. The zero-order valence-corrected chi connectivity index (χ0v) is 12.1. The van der Waals surface area contributed by atoms with Gasteiger partial charge in [0.2, 0.25) is 0 Å². The molecule has 3 rings (SSSR count). The summed E-state index contributed by atoms with van der Waals surface area (Å²) in [6.45, 7) is 0. The second-order valence-corrected chi connectivity index (χ2v) is 5.03. The largest absolute Gasteiger partial charge is 0.448 e. The van der Waals surface area contributed by atoms with Crippen LogP contribution >= 0.6 is 15.9 Å². The maximum absolute atomic E-state index is 5.28. The van der Waals surface area contributed by atoms with Crippen LogP contribution in [0.1, 0.15) is 23.8 Å². The first kappa shape index (κ1) is 12.9. The number of rotatable bonds is 3. The Morgan fingerprint density at radius 1 is 1.20 bits per heavy atom. The SMILES string of the molecule is Brc1ccc(/C=N\N=C2\C[C@@H](c3ccccc3)N=N2)o1. The highest BCUT2D eigenvalue weighted by molar-refractivity contribution is 9.10. The Kier molecular flexibility index (Phi) is 3.83. The summed E-state index contributed by atoms with van der Waals surface area (Å²) in [6.07, 6.45) is 2.21. The van der Waals surface area contributed by atoms with Crippen LogP contribution in [-0.2, 0) is 0 Å². The van der Waals surface area contributed by atoms with Gasteiger partial charge in [0.1, 0.15) is 11.8 Å². The van der Waals surface area contributed by atoms with Gasteiger partial charge in [0.05, 0.1) is 6.21 Å². The molecule has 1 aromatic heterocycles. The van der Waals surface area contributed by atoms with Crippen LogP contribution in [0, 0.1) is 0 Å². The van der Waals surface area contributed by atoms with Crippen molar-refractivity contribution >= 4 is 28.0 Å². The van der Waals surface area contributed by atoms with Gasteiger partial charge in [0.25, 0.3) is 0 Å². The third-order valence-electron chi connectivity index (χ3n) is 2.82. The molecule has 0 N–H and O–H groups in total. The Labute approximate surface area is 124 Å². The minimum atomic E-state index is 0.0444. The van der Waals surface area contributed by atoms with Gasteiger partial charge >= 0.3 is 0 Å². The normalized spacial score (nSPS) is 20.2. The van der Waals surface area contributed by atoms with Crippen molar-refractivity contribution in [1.82, 2.24) is 0 Å². The van der Waals surface area contributed by atoms with Crippen LogP contribution in [0.25, 0.3) is 0 Å². The summed E-state index contributed by atoms with van der Waals surface area (Å²) in [6, 6.07) is 13.7. The molecular formula is C14H11BrN4O. The number of hydrogen-bond acceptors (Lipinski definition) is 4. The minimum Gasteiger partial charge on any atom is -0.448 e. The molecule has 0 amide bonds. The van der Waals surface area contributed by atoms with Crippen LogP contribution in [-0.4, -0.2) is 12.1 Å². The highest BCUT2D eigenvalue weighted by atomic mass is 79.9. The van der Waals surface area contributed by atoms with Gasteiger partial charge in [0.15, 0.2) is 10.5 Å². The first-order chi connectivity index (χ1) is 9.81. The summed E-state index contributed by atoms with van der Waals surface area (Å²) in [5.41, 5.74) is 1.14. The van der Waals surface area contributed by atoms with Crippen molar-refractivity contribution in [2.45, 2.75) is 12.5 Å². The third-order valence-corrected chi connectivity index (χ3v) is 3.25. The smallest absolute Gasteiger partial charge is 0.175 e. The predicted octanol–water partition coefficient (Wildman–Crippen LogP) is 4.37. The van der Waals surface area contributed by atoms with Crippen molar-refractivity contribution in [3.05, 3.63) is 58.5 Å². The first-order valence-electron chi connectivity index (χ1n) is 6.12. The topological polar surface area (TPSA) is 62.6 Å². The Morgan fingerprint density at radius 2 is 2.05 bits per heavy atom. The maximum Gasteiger partial charge on any atom is 0.175 e. The van der Waals surface area contributed by atoms with E-state index >= 15 is 0 Å². The van der Waals surface area contributed by atoms with Crippen molar-refractivity contribution in [1.29, 1.82) is 0 Å². The molecule has 1 atom stereocenters. The number of nitrogens with zero attached hydrogens (tertiary/aromatic N) is 4. The zero-order chi connectivity index (χ0) is 13.8. The molecule has 1 aromatic carbocycles. The number of azo groups is 1. The Bertz CT molecular complexity index is 675. The first-order valence-corrected chi connectivity index (χ1v) is 6.91. The quantitative estimate of drug-likeness (QED) is 0.608. The number of amidine groups is 1. The minimum absolute atomic E-state index is 0.0444. The lowest BCUT2D eigenvalue weighted by molar-refractivity contribution is 0.534. The molecule has 0 aliphatic carbocycles. The molecule has 0 saturated carbocycles. The summed E-state index contributed by atoms with van der Waals surface area (Å²) in [7, 11) is 0. The van der Waals surface area contributed by atoms with Crippen LogP contribution in [0.2, 0.25) is 0 Å². The average molecular weight is 331 g/mol. The molecule has 0 fully saturated rings. The molecule has 6 heteroatoms. The number of benzene rings is 1. The van der Waals surface area contributed by atoms with Gasteiger partial charge < -0.3 is 4.42 Å². The fourth-order valence-electron chi connectivity index (χ4n) is 1.86. The van der Waals surface area contributed by atoms with E-state index < -0.39 is 0 Å². The van der Waals surface area contributed by atoms with Crippen molar-refractivity contribution < 1.29 is 4.42 Å². The molecule has 100 valence electrons. The Hall–Kier alpha value is -2.08. The van der Waals surface area contributed by atoms with Crippen LogP contribution < -0.4 is 0 Å². The predicted molar refractivity (Wildman–Crippen MR) is 80.1 cm³/mol. The monoisotopic (exact) mass is 330 g/mol. The second-order valence-electron chi connectivity index (χ2n) is 4.25. The molecule has 2 heterocycles. The van der Waals surface area contributed by atoms with Gasteiger partial charge in [-0.05, 0) is 33.6 Å². The van der Waals surface area contributed by atoms with E-state index in [0.29, 0.717) is 22.7 Å². The Morgan fingerprint density at radius 3 is 2.80 bits per heavy atom. The third kappa shape index (κ3) is 3.08. The molecule has 20 heavy (non-hydrogen) atoms. The lowest BCUT2D eigenvalue weighted by Gasteiger charge is -2.02. The molecule has 0 saturated heterocycles. The molecule has 0 unspecified atom stereocenters. The fourth-order valence-corrected chi connectivity index (χ4v) is 2.18. The van der Waals surface area contributed by atoms with Gasteiger partial charge in [-0.1, -0.05) is 30.3 Å². The molecule has 2 aromatic rings. The van der Waals surface area contributed by atoms with Gasteiger partial charge in [0, 0.05) is 6.42 Å². The van der Waals surface area contributed by atoms with Crippen LogP contribution in [0.4, 0.5) is 0 Å². The highest BCUT2D eigenvalue weighted by Crippen LogP contribution is 2.27. The maximum atomic E-state index is 5.28. The van der Waals surface area contributed by atoms with Crippen LogP contribution in [0.3, 0.4) is 0 Å². The van der Waals surface area contributed by atoms with Crippen molar-refractivity contribution in [2.75, 3.05) is 0 Å². The Balaban J connectivity index is 1.64. The van der Waals surface area contributed by atoms with Crippen LogP contribution in [0.5, 0.6) is 0 Å². The molecule has 1 aliphatic heterocycles. The highest BCUT2D eigenvalue weighted by Gasteiger charge is 2.19. The summed E-state index contributed by atoms with van der Waals surface area (Å²) in [5, 5.41) is 16.3. The van der Waals surface area contributed by atoms with Gasteiger partial charge in [-0.3, -0.25) is 0 Å². The number of hydrogen-bond donors (Lipinski definition) is 0. The molecule has 0 bridgehead atoms. The van der Waals surface area contributed by atoms with E-state index in [-0.39, 0.29) is 6.04 Å². The van der Waals surface area contributed by atoms with Crippen molar-refractivity contribution in [2.24, 2.45) is 20.4 Å². The van der Waals surface area contributed by atoms with E-state index in [1.54, 1.807) is 18.3 Å². The summed E-state index contributed by atoms with van der Waals surface area (Å²) in [4.78, 5) is 0. The standard InChI is InChI=1S/C14H11BrN4O/c15-13-7-6-11(20-13)9-16-18-14-8-12(17-19-14)10-4-2-1-3-5-10/h1-7,9,12H,8H2/b16-9-,18-14-/t12-/m0/s1. The average Bonchev–Trinajstić information content (AvgIpc) is 3.09. The van der Waals surface area contributed by atoms with E-state index in [2.05, 4.69) is 36.4 Å². The van der Waals surface area contributed by atoms with Crippen LogP contribution in [0.15, 0.2) is 72.0 Å². The summed E-state index contributed by atoms with van der Waals surface area (Å²) in [5.74, 6) is 1.26. The van der Waals surface area contributed by atoms with Crippen molar-refractivity contribution in [3.8, 4) is 0 Å². The van der Waals surface area contributed by atoms with Crippen molar-refractivity contribution in [3.63, 3.8) is 0 Å². The fraction of sp³-hybridized carbons (Fsp3) is 0.143. The summed E-state index contributed by atoms with van der Waals surface area (Å²) >= 11 is 3.23. The lowest BCUT2D eigenvalue weighted by Crippen LogP contribution is -1.95. The molecule has 5 nitrogen and oxygen atoms in total. The van der Waals surface area contributed by atoms with E-state index in [9.17, 15) is 0 Å². The number of halogens is 1. The lowest BCUT2D eigenvalue weighted by atomic mass is 10.1. The number of furan rings is 1. The van der Waals surface area contributed by atoms with Gasteiger partial charge in [-0.25, -0.2) is 0 Å². The summed E-state index contributed by atoms with van der Waals surface area (Å²) < 4.78 is 5.95. The molecule has 1 aliphatic rings. The molecular weight excluding hydrogens is 320 g/mol. The van der Waals surface area contributed by atoms with E-state index in [1.165, 1.54) is 0 Å². The van der Waals surface area contributed by atoms with E-state index in [0.717, 1.165) is 5.56 Å².